The molecule has 2 heterocycles. The Labute approximate surface area is 163 Å². The summed E-state index contributed by atoms with van der Waals surface area (Å²) in [5, 5.41) is 0. The van der Waals surface area contributed by atoms with Crippen LogP contribution in [0.15, 0.2) is 0 Å². The van der Waals surface area contributed by atoms with Crippen LogP contribution in [-0.4, -0.2) is 48.4 Å². The molecule has 1 aromatic carbocycles. The van der Waals surface area contributed by atoms with Crippen molar-refractivity contribution in [3.63, 3.8) is 0 Å². The van der Waals surface area contributed by atoms with Gasteiger partial charge in [0, 0.05) is 43.9 Å². The molecule has 0 atom stereocenters. The van der Waals surface area contributed by atoms with E-state index in [0.29, 0.717) is 13.1 Å². The van der Waals surface area contributed by atoms with Crippen LogP contribution >= 0.6 is 0 Å². The monoisotopic (exact) mass is 374 g/mol. The van der Waals surface area contributed by atoms with Gasteiger partial charge in [-0.05, 0) is 72.1 Å². The van der Waals surface area contributed by atoms with E-state index in [1.165, 1.54) is 27.9 Å². The fourth-order valence-electron chi connectivity index (χ4n) is 4.17. The molecule has 1 saturated heterocycles. The van der Waals surface area contributed by atoms with Gasteiger partial charge < -0.3 is 19.3 Å². The van der Waals surface area contributed by atoms with Crippen LogP contribution in [0.25, 0.3) is 0 Å². The summed E-state index contributed by atoms with van der Waals surface area (Å²) in [6.07, 6.45) is 0.732. The molecule has 5 heteroatoms. The predicted molar refractivity (Wildman–Crippen MR) is 109 cm³/mol. The lowest BCUT2D eigenvalue weighted by Gasteiger charge is -2.38. The Balaban J connectivity index is 1.80. The molecule has 1 aromatic rings. The van der Waals surface area contributed by atoms with Crippen LogP contribution in [0.2, 0.25) is 0 Å². The molecule has 0 aliphatic carbocycles. The van der Waals surface area contributed by atoms with E-state index in [0.717, 1.165) is 25.3 Å². The summed E-state index contributed by atoms with van der Waals surface area (Å²) in [6.45, 7) is 19.6. The molecule has 27 heavy (non-hydrogen) atoms. The van der Waals surface area contributed by atoms with E-state index in [9.17, 15) is 4.79 Å². The van der Waals surface area contributed by atoms with E-state index >= 15 is 0 Å². The van der Waals surface area contributed by atoms with Crippen LogP contribution in [0.5, 0.6) is 5.75 Å². The maximum atomic E-state index is 12.3. The smallest absolute Gasteiger partial charge is 0.410 e. The van der Waals surface area contributed by atoms with Crippen LogP contribution in [0, 0.1) is 20.8 Å². The van der Waals surface area contributed by atoms with Gasteiger partial charge >= 0.3 is 6.09 Å². The van der Waals surface area contributed by atoms with Crippen molar-refractivity contribution in [1.29, 1.82) is 0 Å². The Hall–Kier alpha value is -1.91. The van der Waals surface area contributed by atoms with Gasteiger partial charge in [0.1, 0.15) is 17.0 Å². The number of hydrogen-bond acceptors (Lipinski definition) is 4. The number of carbonyl (C=O) groups is 1. The Morgan fingerprint density at radius 3 is 2.15 bits per heavy atom. The van der Waals surface area contributed by atoms with Crippen LogP contribution < -0.4 is 9.64 Å². The zero-order valence-corrected chi connectivity index (χ0v) is 18.2. The first-order valence-corrected chi connectivity index (χ1v) is 9.94. The lowest BCUT2D eigenvalue weighted by Crippen LogP contribution is -2.50. The minimum absolute atomic E-state index is 0.141. The van der Waals surface area contributed by atoms with Crippen molar-refractivity contribution in [3.8, 4) is 5.75 Å². The second kappa shape index (κ2) is 6.61. The number of hydrogen-bond donors (Lipinski definition) is 0. The molecule has 150 valence electrons. The summed E-state index contributed by atoms with van der Waals surface area (Å²) in [5.41, 5.74) is 5.91. The average Bonchev–Trinajstić information content (AvgIpc) is 2.88. The van der Waals surface area contributed by atoms with Crippen molar-refractivity contribution < 1.29 is 14.3 Å². The summed E-state index contributed by atoms with van der Waals surface area (Å²) in [7, 11) is 0. The van der Waals surface area contributed by atoms with Crippen molar-refractivity contribution in [2.75, 3.05) is 31.1 Å². The van der Waals surface area contributed by atoms with Gasteiger partial charge in [0.15, 0.2) is 0 Å². The zero-order valence-electron chi connectivity index (χ0n) is 18.2. The maximum Gasteiger partial charge on any atom is 0.410 e. The van der Waals surface area contributed by atoms with Gasteiger partial charge in [0.2, 0.25) is 0 Å². The SMILES string of the molecule is Cc1c(C)c(N2CCN(C(=O)OC(C)(C)C)CC2)c(C)c2c1OC(C)(C)C2. The third-order valence-corrected chi connectivity index (χ3v) is 5.57. The Kier molecular flexibility index (Phi) is 4.86. The minimum atomic E-state index is -0.453. The minimum Gasteiger partial charge on any atom is -0.487 e. The number of anilines is 1. The van der Waals surface area contributed by atoms with Gasteiger partial charge in [-0.1, -0.05) is 0 Å². The highest BCUT2D eigenvalue weighted by Crippen LogP contribution is 2.45. The first kappa shape index (κ1) is 19.8. The van der Waals surface area contributed by atoms with Crippen LogP contribution in [0.4, 0.5) is 10.5 Å². The fourth-order valence-corrected chi connectivity index (χ4v) is 4.17. The number of fused-ring (bicyclic) bond motifs is 1. The first-order chi connectivity index (χ1) is 12.4. The molecule has 2 aliphatic heterocycles. The van der Waals surface area contributed by atoms with Gasteiger partial charge in [-0.3, -0.25) is 0 Å². The Bertz CT molecular complexity index is 754. The van der Waals surface area contributed by atoms with Crippen molar-refractivity contribution in [2.24, 2.45) is 0 Å². The summed E-state index contributed by atoms with van der Waals surface area (Å²) >= 11 is 0. The molecule has 0 bridgehead atoms. The molecular weight excluding hydrogens is 340 g/mol. The van der Waals surface area contributed by atoms with E-state index < -0.39 is 5.60 Å². The summed E-state index contributed by atoms with van der Waals surface area (Å²) in [6, 6.07) is 0. The molecular formula is C22H34N2O3. The molecule has 0 N–H and O–H groups in total. The molecule has 1 fully saturated rings. The normalized spacial score (nSPS) is 19.0. The van der Waals surface area contributed by atoms with Gasteiger partial charge in [-0.15, -0.1) is 0 Å². The van der Waals surface area contributed by atoms with Crippen molar-refractivity contribution in [1.82, 2.24) is 4.90 Å². The molecule has 3 rings (SSSR count). The quantitative estimate of drug-likeness (QED) is 0.731. The lowest BCUT2D eigenvalue weighted by molar-refractivity contribution is 0.0240. The van der Waals surface area contributed by atoms with Crippen LogP contribution in [0.1, 0.15) is 56.9 Å². The number of carbonyl (C=O) groups excluding carboxylic acids is 1. The largest absolute Gasteiger partial charge is 0.487 e. The van der Waals surface area contributed by atoms with E-state index in [-0.39, 0.29) is 11.7 Å². The molecule has 0 spiro atoms. The second-order valence-corrected chi connectivity index (χ2v) is 9.52. The van der Waals surface area contributed by atoms with E-state index in [2.05, 4.69) is 39.5 Å². The topological polar surface area (TPSA) is 42.0 Å². The second-order valence-electron chi connectivity index (χ2n) is 9.52. The first-order valence-electron chi connectivity index (χ1n) is 9.94. The highest BCUT2D eigenvalue weighted by molar-refractivity contribution is 5.71. The van der Waals surface area contributed by atoms with Crippen molar-refractivity contribution >= 4 is 11.8 Å². The Morgan fingerprint density at radius 1 is 1.00 bits per heavy atom. The molecule has 0 unspecified atom stereocenters. The van der Waals surface area contributed by atoms with Gasteiger partial charge in [-0.2, -0.15) is 0 Å². The predicted octanol–water partition coefficient (Wildman–Crippen LogP) is 4.38. The third kappa shape index (κ3) is 3.87. The summed E-state index contributed by atoms with van der Waals surface area (Å²) in [4.78, 5) is 16.6. The van der Waals surface area contributed by atoms with Crippen molar-refractivity contribution in [3.05, 3.63) is 22.3 Å². The Morgan fingerprint density at radius 2 is 1.59 bits per heavy atom. The summed E-state index contributed by atoms with van der Waals surface area (Å²) in [5.74, 6) is 1.08. The fraction of sp³-hybridized carbons (Fsp3) is 0.682. The number of rotatable bonds is 1. The van der Waals surface area contributed by atoms with Crippen LogP contribution in [0.3, 0.4) is 0 Å². The third-order valence-electron chi connectivity index (χ3n) is 5.57. The highest BCUT2D eigenvalue weighted by atomic mass is 16.6. The van der Waals surface area contributed by atoms with Gasteiger partial charge in [0.05, 0.1) is 0 Å². The number of amides is 1. The molecule has 2 aliphatic rings. The summed E-state index contributed by atoms with van der Waals surface area (Å²) < 4.78 is 11.8. The number of piperazine rings is 1. The lowest BCUT2D eigenvalue weighted by atomic mass is 9.92. The van der Waals surface area contributed by atoms with E-state index in [4.69, 9.17) is 9.47 Å². The van der Waals surface area contributed by atoms with E-state index in [1.54, 1.807) is 0 Å². The number of nitrogens with zero attached hydrogens (tertiary/aromatic N) is 2. The molecule has 5 nitrogen and oxygen atoms in total. The van der Waals surface area contributed by atoms with Crippen molar-refractivity contribution in [2.45, 2.75) is 73.0 Å². The standard InChI is InChI=1S/C22H34N2O3/c1-14-15(2)19-17(13-22(7,8)26-19)16(3)18(14)23-9-11-24(12-10-23)20(25)27-21(4,5)6/h9-13H2,1-8H3. The number of ether oxygens (including phenoxy) is 2. The zero-order chi connectivity index (χ0) is 20.1. The maximum absolute atomic E-state index is 12.3. The van der Waals surface area contributed by atoms with E-state index in [1.807, 2.05) is 25.7 Å². The van der Waals surface area contributed by atoms with Crippen LogP contribution in [-0.2, 0) is 11.2 Å². The van der Waals surface area contributed by atoms with Gasteiger partial charge in [0.25, 0.3) is 0 Å². The molecule has 0 aromatic heterocycles. The number of benzene rings is 1. The molecule has 0 saturated carbocycles. The highest BCUT2D eigenvalue weighted by Gasteiger charge is 2.36. The molecule has 1 amide bonds. The molecule has 0 radical (unpaired) electrons. The van der Waals surface area contributed by atoms with Gasteiger partial charge in [-0.25, -0.2) is 4.79 Å². The average molecular weight is 375 g/mol.